The Labute approximate surface area is 123 Å². The zero-order valence-electron chi connectivity index (χ0n) is 11.8. The standard InChI is InChI=1S/C17H17FO3/c1-12-4-2-3-5-15(12)16(17(19)20)10-11-21-14-8-6-13(18)7-9-14/h2-9,16H,10-11H2,1H3,(H,19,20). The molecule has 0 spiro atoms. The number of carbonyl (C=O) groups is 1. The quantitative estimate of drug-likeness (QED) is 0.880. The van der Waals surface area contributed by atoms with Crippen molar-refractivity contribution in [3.8, 4) is 5.75 Å². The molecule has 21 heavy (non-hydrogen) atoms. The van der Waals surface area contributed by atoms with Crippen molar-refractivity contribution >= 4 is 5.97 Å². The number of hydrogen-bond acceptors (Lipinski definition) is 2. The van der Waals surface area contributed by atoms with E-state index in [1.807, 2.05) is 31.2 Å². The minimum absolute atomic E-state index is 0.261. The van der Waals surface area contributed by atoms with Gasteiger partial charge in [0.05, 0.1) is 12.5 Å². The molecule has 0 saturated carbocycles. The first-order valence-corrected chi connectivity index (χ1v) is 6.74. The summed E-state index contributed by atoms with van der Waals surface area (Å²) in [4.78, 5) is 11.4. The highest BCUT2D eigenvalue weighted by molar-refractivity contribution is 5.76. The third-order valence-electron chi connectivity index (χ3n) is 3.35. The maximum absolute atomic E-state index is 12.8. The molecular weight excluding hydrogens is 271 g/mol. The van der Waals surface area contributed by atoms with Crippen molar-refractivity contribution in [3.63, 3.8) is 0 Å². The zero-order valence-corrected chi connectivity index (χ0v) is 11.8. The molecule has 4 heteroatoms. The van der Waals surface area contributed by atoms with Gasteiger partial charge in [0.2, 0.25) is 0 Å². The number of aryl methyl sites for hydroxylation is 1. The van der Waals surface area contributed by atoms with E-state index >= 15 is 0 Å². The van der Waals surface area contributed by atoms with Gasteiger partial charge in [-0.25, -0.2) is 4.39 Å². The molecule has 3 nitrogen and oxygen atoms in total. The number of ether oxygens (including phenoxy) is 1. The summed E-state index contributed by atoms with van der Waals surface area (Å²) in [5, 5.41) is 9.38. The van der Waals surface area contributed by atoms with Crippen LogP contribution in [0.2, 0.25) is 0 Å². The van der Waals surface area contributed by atoms with E-state index in [2.05, 4.69) is 0 Å². The van der Waals surface area contributed by atoms with E-state index in [0.717, 1.165) is 11.1 Å². The second-order valence-corrected chi connectivity index (χ2v) is 4.84. The number of hydrogen-bond donors (Lipinski definition) is 1. The summed E-state index contributed by atoms with van der Waals surface area (Å²) >= 11 is 0. The van der Waals surface area contributed by atoms with Crippen molar-refractivity contribution < 1.29 is 19.0 Å². The predicted molar refractivity (Wildman–Crippen MR) is 78.1 cm³/mol. The van der Waals surface area contributed by atoms with Gasteiger partial charge in [0.15, 0.2) is 0 Å². The van der Waals surface area contributed by atoms with Gasteiger partial charge in [0.1, 0.15) is 11.6 Å². The van der Waals surface area contributed by atoms with E-state index in [-0.39, 0.29) is 12.4 Å². The van der Waals surface area contributed by atoms with Gasteiger partial charge >= 0.3 is 5.97 Å². The fraction of sp³-hybridized carbons (Fsp3) is 0.235. The van der Waals surface area contributed by atoms with Gasteiger partial charge in [-0.3, -0.25) is 4.79 Å². The molecule has 2 aromatic carbocycles. The summed E-state index contributed by atoms with van der Waals surface area (Å²) in [6.45, 7) is 2.16. The fourth-order valence-electron chi connectivity index (χ4n) is 2.22. The summed E-state index contributed by atoms with van der Waals surface area (Å²) in [6.07, 6.45) is 0.359. The lowest BCUT2D eigenvalue weighted by Crippen LogP contribution is -2.16. The number of aliphatic carboxylic acids is 1. The zero-order chi connectivity index (χ0) is 15.2. The van der Waals surface area contributed by atoms with Crippen LogP contribution in [0, 0.1) is 12.7 Å². The van der Waals surface area contributed by atoms with Crippen LogP contribution in [0.15, 0.2) is 48.5 Å². The highest BCUT2D eigenvalue weighted by atomic mass is 19.1. The Hall–Kier alpha value is -2.36. The molecule has 0 aliphatic heterocycles. The van der Waals surface area contributed by atoms with Crippen molar-refractivity contribution in [2.24, 2.45) is 0 Å². The Balaban J connectivity index is 2.00. The fourth-order valence-corrected chi connectivity index (χ4v) is 2.22. The Morgan fingerprint density at radius 2 is 1.86 bits per heavy atom. The van der Waals surface area contributed by atoms with Gasteiger partial charge in [0.25, 0.3) is 0 Å². The van der Waals surface area contributed by atoms with Gasteiger partial charge in [0, 0.05) is 0 Å². The minimum atomic E-state index is -0.869. The summed E-state index contributed by atoms with van der Waals surface area (Å²) in [6, 6.07) is 13.1. The first kappa shape index (κ1) is 15.0. The van der Waals surface area contributed by atoms with E-state index < -0.39 is 11.9 Å². The van der Waals surface area contributed by atoms with Crippen molar-refractivity contribution in [3.05, 3.63) is 65.5 Å². The van der Waals surface area contributed by atoms with Crippen molar-refractivity contribution in [2.75, 3.05) is 6.61 Å². The lowest BCUT2D eigenvalue weighted by Gasteiger charge is -2.15. The number of rotatable bonds is 6. The molecule has 0 fully saturated rings. The Morgan fingerprint density at radius 3 is 2.48 bits per heavy atom. The molecule has 0 aliphatic rings. The monoisotopic (exact) mass is 288 g/mol. The Kier molecular flexibility index (Phi) is 4.93. The lowest BCUT2D eigenvalue weighted by atomic mass is 9.92. The second kappa shape index (κ2) is 6.88. The maximum atomic E-state index is 12.8. The smallest absolute Gasteiger partial charge is 0.311 e. The molecule has 0 amide bonds. The maximum Gasteiger partial charge on any atom is 0.311 e. The number of benzene rings is 2. The molecule has 0 bridgehead atoms. The lowest BCUT2D eigenvalue weighted by molar-refractivity contribution is -0.139. The molecule has 0 radical (unpaired) electrons. The molecular formula is C17H17FO3. The third-order valence-corrected chi connectivity index (χ3v) is 3.35. The molecule has 0 heterocycles. The summed E-state index contributed by atoms with van der Waals surface area (Å²) < 4.78 is 18.2. The van der Waals surface area contributed by atoms with Crippen LogP contribution in [0.1, 0.15) is 23.5 Å². The second-order valence-electron chi connectivity index (χ2n) is 4.84. The first-order chi connectivity index (χ1) is 10.1. The summed E-state index contributed by atoms with van der Waals surface area (Å²) in [7, 11) is 0. The topological polar surface area (TPSA) is 46.5 Å². The van der Waals surface area contributed by atoms with Crippen LogP contribution in [0.3, 0.4) is 0 Å². The first-order valence-electron chi connectivity index (χ1n) is 6.74. The van der Waals surface area contributed by atoms with Crippen LogP contribution in [0.5, 0.6) is 5.75 Å². The molecule has 2 rings (SSSR count). The highest BCUT2D eigenvalue weighted by Gasteiger charge is 2.21. The molecule has 0 aliphatic carbocycles. The van der Waals surface area contributed by atoms with Crippen LogP contribution in [0.4, 0.5) is 4.39 Å². The molecule has 2 aromatic rings. The van der Waals surface area contributed by atoms with Crippen LogP contribution >= 0.6 is 0 Å². The van der Waals surface area contributed by atoms with Crippen molar-refractivity contribution in [1.29, 1.82) is 0 Å². The summed E-state index contributed by atoms with van der Waals surface area (Å²) in [5.74, 6) is -1.27. The van der Waals surface area contributed by atoms with E-state index in [9.17, 15) is 14.3 Å². The molecule has 0 saturated heterocycles. The van der Waals surface area contributed by atoms with Crippen molar-refractivity contribution in [1.82, 2.24) is 0 Å². The minimum Gasteiger partial charge on any atom is -0.494 e. The van der Waals surface area contributed by atoms with Crippen LogP contribution in [0.25, 0.3) is 0 Å². The average Bonchev–Trinajstić information content (AvgIpc) is 2.46. The van der Waals surface area contributed by atoms with Crippen LogP contribution in [-0.4, -0.2) is 17.7 Å². The summed E-state index contributed by atoms with van der Waals surface area (Å²) in [5.41, 5.74) is 1.75. The largest absolute Gasteiger partial charge is 0.494 e. The van der Waals surface area contributed by atoms with E-state index in [0.29, 0.717) is 12.2 Å². The number of carboxylic acids is 1. The van der Waals surface area contributed by atoms with Crippen LogP contribution in [-0.2, 0) is 4.79 Å². The molecule has 110 valence electrons. The Morgan fingerprint density at radius 1 is 1.19 bits per heavy atom. The highest BCUT2D eigenvalue weighted by Crippen LogP contribution is 2.24. The van der Waals surface area contributed by atoms with Gasteiger partial charge in [-0.1, -0.05) is 24.3 Å². The van der Waals surface area contributed by atoms with Crippen LogP contribution < -0.4 is 4.74 Å². The van der Waals surface area contributed by atoms with E-state index in [1.54, 1.807) is 0 Å². The van der Waals surface area contributed by atoms with E-state index in [1.165, 1.54) is 24.3 Å². The van der Waals surface area contributed by atoms with Gasteiger partial charge in [-0.15, -0.1) is 0 Å². The third kappa shape index (κ3) is 4.05. The molecule has 1 unspecified atom stereocenters. The van der Waals surface area contributed by atoms with Gasteiger partial charge in [-0.05, 0) is 48.7 Å². The molecule has 0 aromatic heterocycles. The molecule has 1 N–H and O–H groups in total. The molecule has 1 atom stereocenters. The normalized spacial score (nSPS) is 11.9. The predicted octanol–water partition coefficient (Wildman–Crippen LogP) is 3.77. The number of carboxylic acid groups (broad SMARTS) is 1. The van der Waals surface area contributed by atoms with E-state index in [4.69, 9.17) is 4.74 Å². The average molecular weight is 288 g/mol. The van der Waals surface area contributed by atoms with Gasteiger partial charge in [-0.2, -0.15) is 0 Å². The number of halogens is 1. The SMILES string of the molecule is Cc1ccccc1C(CCOc1ccc(F)cc1)C(=O)O. The van der Waals surface area contributed by atoms with Crippen molar-refractivity contribution in [2.45, 2.75) is 19.3 Å². The Bertz CT molecular complexity index is 608. The van der Waals surface area contributed by atoms with Gasteiger partial charge < -0.3 is 9.84 Å².